The van der Waals surface area contributed by atoms with Crippen molar-refractivity contribution < 1.29 is 14.3 Å². The summed E-state index contributed by atoms with van der Waals surface area (Å²) >= 11 is 6.41. The van der Waals surface area contributed by atoms with Gasteiger partial charge in [0.25, 0.3) is 0 Å². The van der Waals surface area contributed by atoms with Gasteiger partial charge in [0, 0.05) is 56.3 Å². The van der Waals surface area contributed by atoms with Gasteiger partial charge in [-0.15, -0.1) is 0 Å². The van der Waals surface area contributed by atoms with Crippen molar-refractivity contribution in [1.29, 1.82) is 5.26 Å². The molecule has 2 saturated heterocycles. The van der Waals surface area contributed by atoms with Crippen LogP contribution in [-0.4, -0.2) is 58.8 Å². The second-order valence-corrected chi connectivity index (χ2v) is 12.1. The fraction of sp³-hybridized carbons (Fsp3) is 0.406. The van der Waals surface area contributed by atoms with Crippen LogP contribution in [0, 0.1) is 30.1 Å². The van der Waals surface area contributed by atoms with Gasteiger partial charge in [-0.1, -0.05) is 41.9 Å². The van der Waals surface area contributed by atoms with E-state index in [1.807, 2.05) is 30.9 Å². The Morgan fingerprint density at radius 2 is 1.85 bits per heavy atom. The van der Waals surface area contributed by atoms with Crippen LogP contribution >= 0.6 is 11.6 Å². The number of hydrogen-bond acceptors (Lipinski definition) is 7. The number of aromatic nitrogens is 1. The molecule has 9 heteroatoms. The van der Waals surface area contributed by atoms with Crippen LogP contribution < -0.4 is 10.1 Å². The fourth-order valence-corrected chi connectivity index (χ4v) is 6.12. The number of nitriles is 1. The van der Waals surface area contributed by atoms with E-state index in [1.54, 1.807) is 24.4 Å². The van der Waals surface area contributed by atoms with E-state index in [0.717, 1.165) is 43.8 Å². The van der Waals surface area contributed by atoms with Crippen LogP contribution in [-0.2, 0) is 11.3 Å². The summed E-state index contributed by atoms with van der Waals surface area (Å²) in [7, 11) is 0. The van der Waals surface area contributed by atoms with Gasteiger partial charge in [0.15, 0.2) is 0 Å². The number of piperidine rings is 2. The monoisotopic (exact) mass is 571 g/mol. The maximum Gasteiger partial charge on any atom is 0.410 e. The highest BCUT2D eigenvalue weighted by atomic mass is 35.5. The lowest BCUT2D eigenvalue weighted by atomic mass is 9.81. The lowest BCUT2D eigenvalue weighted by molar-refractivity contribution is -0.0673. The SMILES string of the molecule is Cc1c(OC2C3CN(Cc4ccccc4)CC2CN(C(=O)OC2(C)CC2)C3)ccnc1Nc1ccc(C#N)cc1Cl. The molecule has 0 radical (unpaired) electrons. The minimum absolute atomic E-state index is 0.0463. The lowest BCUT2D eigenvalue weighted by Gasteiger charge is -2.50. The number of ether oxygens (including phenoxy) is 2. The summed E-state index contributed by atoms with van der Waals surface area (Å²) in [6, 6.07) is 19.6. The number of hydrogen-bond donors (Lipinski definition) is 1. The number of fused-ring (bicyclic) bond motifs is 2. The Morgan fingerprint density at radius 3 is 2.51 bits per heavy atom. The number of nitrogens with zero attached hydrogens (tertiary/aromatic N) is 4. The average molecular weight is 572 g/mol. The van der Waals surface area contributed by atoms with Crippen LogP contribution in [0.1, 0.15) is 36.5 Å². The highest BCUT2D eigenvalue weighted by Crippen LogP contribution is 2.41. The van der Waals surface area contributed by atoms with Crippen LogP contribution in [0.3, 0.4) is 0 Å². The molecule has 1 aliphatic carbocycles. The molecule has 1 saturated carbocycles. The van der Waals surface area contributed by atoms with Crippen molar-refractivity contribution >= 4 is 29.2 Å². The maximum atomic E-state index is 13.1. The van der Waals surface area contributed by atoms with E-state index in [-0.39, 0.29) is 29.6 Å². The van der Waals surface area contributed by atoms with Crippen molar-refractivity contribution in [3.8, 4) is 11.8 Å². The number of halogens is 1. The molecule has 3 aliphatic rings. The van der Waals surface area contributed by atoms with E-state index < -0.39 is 0 Å². The quantitative estimate of drug-likeness (QED) is 0.363. The molecular formula is C32H34ClN5O3. The zero-order valence-corrected chi connectivity index (χ0v) is 24.1. The molecule has 2 unspecified atom stereocenters. The molecule has 3 fully saturated rings. The first-order valence-corrected chi connectivity index (χ1v) is 14.5. The van der Waals surface area contributed by atoms with Crippen LogP contribution in [0.15, 0.2) is 60.8 Å². The lowest BCUT2D eigenvalue weighted by Crippen LogP contribution is -2.62. The molecular weight excluding hydrogens is 538 g/mol. The first-order valence-electron chi connectivity index (χ1n) is 14.1. The molecule has 0 spiro atoms. The zero-order chi connectivity index (χ0) is 28.6. The van der Waals surface area contributed by atoms with Gasteiger partial charge in [0.05, 0.1) is 22.3 Å². The van der Waals surface area contributed by atoms with E-state index >= 15 is 0 Å². The molecule has 212 valence electrons. The van der Waals surface area contributed by atoms with Gasteiger partial charge in [-0.25, -0.2) is 9.78 Å². The Morgan fingerprint density at radius 1 is 1.12 bits per heavy atom. The van der Waals surface area contributed by atoms with E-state index in [2.05, 4.69) is 45.5 Å². The van der Waals surface area contributed by atoms with Gasteiger partial charge in [-0.05, 0) is 56.5 Å². The van der Waals surface area contributed by atoms with Gasteiger partial charge in [-0.2, -0.15) is 5.26 Å². The number of rotatable bonds is 7. The summed E-state index contributed by atoms with van der Waals surface area (Å²) in [5, 5.41) is 12.9. The number of likely N-dealkylation sites (tertiary alicyclic amines) is 2. The highest BCUT2D eigenvalue weighted by molar-refractivity contribution is 6.33. The zero-order valence-electron chi connectivity index (χ0n) is 23.3. The number of nitrogens with one attached hydrogen (secondary N) is 1. The third kappa shape index (κ3) is 6.12. The molecule has 3 heterocycles. The molecule has 1 amide bonds. The second kappa shape index (κ2) is 11.2. The highest BCUT2D eigenvalue weighted by Gasteiger charge is 2.48. The topological polar surface area (TPSA) is 90.7 Å². The van der Waals surface area contributed by atoms with Crippen molar-refractivity contribution in [2.24, 2.45) is 11.8 Å². The first kappa shape index (κ1) is 27.4. The first-order chi connectivity index (χ1) is 19.8. The summed E-state index contributed by atoms with van der Waals surface area (Å²) in [4.78, 5) is 22.0. The minimum Gasteiger partial charge on any atom is -0.489 e. The summed E-state index contributed by atoms with van der Waals surface area (Å²) in [6.45, 7) is 7.70. The van der Waals surface area contributed by atoms with Crippen LogP contribution in [0.5, 0.6) is 5.75 Å². The largest absolute Gasteiger partial charge is 0.489 e. The number of pyridine rings is 1. The van der Waals surface area contributed by atoms with Crippen LogP contribution in [0.4, 0.5) is 16.3 Å². The third-order valence-corrected chi connectivity index (χ3v) is 8.70. The summed E-state index contributed by atoms with van der Waals surface area (Å²) in [6.07, 6.45) is 3.33. The predicted molar refractivity (Wildman–Crippen MR) is 157 cm³/mol. The van der Waals surface area contributed by atoms with E-state index in [0.29, 0.717) is 35.2 Å². The maximum absolute atomic E-state index is 13.1. The molecule has 3 aromatic rings. The van der Waals surface area contributed by atoms with Gasteiger partial charge >= 0.3 is 6.09 Å². The summed E-state index contributed by atoms with van der Waals surface area (Å²) in [5.74, 6) is 1.65. The van der Waals surface area contributed by atoms with Crippen LogP contribution in [0.25, 0.3) is 0 Å². The fourth-order valence-electron chi connectivity index (χ4n) is 5.89. The van der Waals surface area contributed by atoms with Gasteiger partial charge in [0.1, 0.15) is 23.3 Å². The Bertz CT molecular complexity index is 1460. The number of amides is 1. The molecule has 8 nitrogen and oxygen atoms in total. The van der Waals surface area contributed by atoms with Gasteiger partial charge < -0.3 is 19.7 Å². The predicted octanol–water partition coefficient (Wildman–Crippen LogP) is 6.16. The number of anilines is 2. The minimum atomic E-state index is -0.297. The van der Waals surface area contributed by atoms with Gasteiger partial charge in [0.2, 0.25) is 0 Å². The Kier molecular flexibility index (Phi) is 7.50. The Balaban J connectivity index is 1.20. The molecule has 41 heavy (non-hydrogen) atoms. The molecule has 2 atom stereocenters. The second-order valence-electron chi connectivity index (χ2n) is 11.7. The molecule has 1 N–H and O–H groups in total. The summed E-state index contributed by atoms with van der Waals surface area (Å²) in [5.41, 5.74) is 3.02. The molecule has 6 rings (SSSR count). The van der Waals surface area contributed by atoms with Crippen molar-refractivity contribution in [3.05, 3.63) is 82.5 Å². The number of carbonyl (C=O) groups is 1. The number of benzene rings is 2. The van der Waals surface area contributed by atoms with Crippen molar-refractivity contribution in [2.75, 3.05) is 31.5 Å². The Hall–Kier alpha value is -3.80. The standard InChI is InChI=1S/C32H34ClN5O3/c1-21-28(10-13-35-30(21)36-27-9-8-23(15-34)14-26(27)33)40-29-24-17-37(16-22-6-4-3-5-7-22)18-25(29)20-38(19-24)31(39)41-32(2)11-12-32/h3-10,13-14,24-25,29H,11-12,16-20H2,1-2H3,(H,35,36). The molecule has 2 aromatic carbocycles. The summed E-state index contributed by atoms with van der Waals surface area (Å²) < 4.78 is 12.6. The van der Waals surface area contributed by atoms with E-state index in [4.69, 9.17) is 26.3 Å². The van der Waals surface area contributed by atoms with Crippen molar-refractivity contribution in [1.82, 2.24) is 14.8 Å². The average Bonchev–Trinajstić information content (AvgIpc) is 3.68. The van der Waals surface area contributed by atoms with E-state index in [1.165, 1.54) is 5.56 Å². The molecule has 2 bridgehead atoms. The smallest absolute Gasteiger partial charge is 0.410 e. The normalized spacial score (nSPS) is 22.9. The van der Waals surface area contributed by atoms with Crippen molar-refractivity contribution in [2.45, 2.75) is 44.9 Å². The van der Waals surface area contributed by atoms with E-state index in [9.17, 15) is 4.79 Å². The van der Waals surface area contributed by atoms with Crippen molar-refractivity contribution in [3.63, 3.8) is 0 Å². The number of carbonyl (C=O) groups excluding carboxylic acids is 1. The molecule has 2 aliphatic heterocycles. The van der Waals surface area contributed by atoms with Crippen LogP contribution in [0.2, 0.25) is 5.02 Å². The molecule has 1 aromatic heterocycles. The van der Waals surface area contributed by atoms with Gasteiger partial charge in [-0.3, -0.25) is 4.90 Å². The third-order valence-electron chi connectivity index (χ3n) is 8.39. The Labute approximate surface area is 245 Å².